The lowest BCUT2D eigenvalue weighted by atomic mass is 10.1. The molecule has 0 aromatic heterocycles. The van der Waals surface area contributed by atoms with Crippen molar-refractivity contribution in [3.63, 3.8) is 0 Å². The summed E-state index contributed by atoms with van der Waals surface area (Å²) in [6, 6.07) is 13.7. The third-order valence-corrected chi connectivity index (χ3v) is 6.55. The number of carboxylic acids is 1. The van der Waals surface area contributed by atoms with Gasteiger partial charge in [0, 0.05) is 24.2 Å². The number of benzene rings is 2. The Morgan fingerprint density at radius 3 is 2.45 bits per heavy atom. The van der Waals surface area contributed by atoms with Crippen LogP contribution in [0.25, 0.3) is 0 Å². The minimum Gasteiger partial charge on any atom is -0.508 e. The summed E-state index contributed by atoms with van der Waals surface area (Å²) in [5.41, 5.74) is 1.32. The number of thiol groups is 1. The number of carbonyl (C=O) groups excluding carboxylic acids is 2. The fraction of sp³-hybridized carbons (Fsp3) is 0.318. The predicted octanol–water partition coefficient (Wildman–Crippen LogP) is 2.47. The standard InChI is InChI=1S/C22H24N2O5S2/c25-18-9-5-4-8-15(18)21-24(19(26)10-11-30)17(13-31-21)20(27)23-16(22(28)29)12-14-6-2-1-3-7-14/h1-9,16-17,21,25,30H,10-13H2,(H,23,27)(H,28,29)/t16-,17?,21?/m1/s1. The third-order valence-electron chi connectivity index (χ3n) is 5.02. The molecule has 0 spiro atoms. The van der Waals surface area contributed by atoms with E-state index in [1.165, 1.54) is 22.7 Å². The van der Waals surface area contributed by atoms with Gasteiger partial charge in [-0.05, 0) is 17.4 Å². The van der Waals surface area contributed by atoms with Gasteiger partial charge in [0.25, 0.3) is 0 Å². The average molecular weight is 461 g/mol. The lowest BCUT2D eigenvalue weighted by Crippen LogP contribution is -2.52. The van der Waals surface area contributed by atoms with Crippen LogP contribution in [0.1, 0.15) is 22.9 Å². The lowest BCUT2D eigenvalue weighted by molar-refractivity contribution is -0.144. The highest BCUT2D eigenvalue weighted by Gasteiger charge is 2.43. The van der Waals surface area contributed by atoms with Crippen molar-refractivity contribution in [3.8, 4) is 5.75 Å². The Hall–Kier alpha value is -2.65. The lowest BCUT2D eigenvalue weighted by Gasteiger charge is -2.30. The van der Waals surface area contributed by atoms with Crippen molar-refractivity contribution in [2.75, 3.05) is 11.5 Å². The van der Waals surface area contributed by atoms with Gasteiger partial charge in [0.05, 0.1) is 0 Å². The Morgan fingerprint density at radius 2 is 1.81 bits per heavy atom. The van der Waals surface area contributed by atoms with Crippen molar-refractivity contribution in [3.05, 3.63) is 65.7 Å². The first kappa shape index (κ1) is 23.0. The molecular weight excluding hydrogens is 436 g/mol. The number of phenolic OH excluding ortho intramolecular Hbond substituents is 1. The zero-order chi connectivity index (χ0) is 22.4. The van der Waals surface area contributed by atoms with E-state index in [2.05, 4.69) is 17.9 Å². The molecule has 1 saturated heterocycles. The minimum atomic E-state index is -1.15. The molecule has 3 rings (SSSR count). The zero-order valence-corrected chi connectivity index (χ0v) is 18.4. The first-order chi connectivity index (χ1) is 14.9. The Morgan fingerprint density at radius 1 is 1.13 bits per heavy atom. The monoisotopic (exact) mass is 460 g/mol. The maximum absolute atomic E-state index is 13.1. The number of para-hydroxylation sites is 1. The number of aromatic hydroxyl groups is 1. The highest BCUT2D eigenvalue weighted by atomic mass is 32.2. The van der Waals surface area contributed by atoms with Crippen molar-refractivity contribution >= 4 is 42.2 Å². The van der Waals surface area contributed by atoms with Crippen molar-refractivity contribution in [1.29, 1.82) is 0 Å². The van der Waals surface area contributed by atoms with E-state index in [-0.39, 0.29) is 24.5 Å². The minimum absolute atomic E-state index is 0.0391. The highest BCUT2D eigenvalue weighted by Crippen LogP contribution is 2.44. The Kier molecular flexibility index (Phi) is 7.86. The summed E-state index contributed by atoms with van der Waals surface area (Å²) in [4.78, 5) is 39.1. The summed E-state index contributed by atoms with van der Waals surface area (Å²) >= 11 is 5.49. The Labute approximate surface area is 190 Å². The quantitative estimate of drug-likeness (QED) is 0.451. The molecule has 0 saturated carbocycles. The fourth-order valence-corrected chi connectivity index (χ4v) is 5.16. The van der Waals surface area contributed by atoms with E-state index < -0.39 is 29.3 Å². The zero-order valence-electron chi connectivity index (χ0n) is 16.7. The van der Waals surface area contributed by atoms with Crippen molar-refractivity contribution < 1.29 is 24.6 Å². The topological polar surface area (TPSA) is 107 Å². The molecule has 1 fully saturated rings. The van der Waals surface area contributed by atoms with Crippen LogP contribution in [-0.4, -0.2) is 56.5 Å². The van der Waals surface area contributed by atoms with Gasteiger partial charge in [0.2, 0.25) is 11.8 Å². The van der Waals surface area contributed by atoms with E-state index in [0.29, 0.717) is 17.1 Å². The molecule has 7 nitrogen and oxygen atoms in total. The van der Waals surface area contributed by atoms with Crippen molar-refractivity contribution in [1.82, 2.24) is 10.2 Å². The summed E-state index contributed by atoms with van der Waals surface area (Å²) in [7, 11) is 0. The second kappa shape index (κ2) is 10.6. The molecular formula is C22H24N2O5S2. The second-order valence-corrected chi connectivity index (χ2v) is 8.68. The number of thioether (sulfide) groups is 1. The van der Waals surface area contributed by atoms with E-state index in [4.69, 9.17) is 0 Å². The van der Waals surface area contributed by atoms with Crippen LogP contribution in [0, 0.1) is 0 Å². The first-order valence-electron chi connectivity index (χ1n) is 9.81. The number of rotatable bonds is 8. The molecule has 1 aliphatic rings. The molecule has 3 N–H and O–H groups in total. The molecule has 1 aliphatic heterocycles. The van der Waals surface area contributed by atoms with Gasteiger partial charge in [-0.2, -0.15) is 12.6 Å². The van der Waals surface area contributed by atoms with Crippen LogP contribution < -0.4 is 5.32 Å². The molecule has 164 valence electrons. The normalized spacial score (nSPS) is 19.1. The maximum Gasteiger partial charge on any atom is 0.326 e. The van der Waals surface area contributed by atoms with Crippen LogP contribution in [0.15, 0.2) is 54.6 Å². The number of carbonyl (C=O) groups is 3. The number of amides is 2. The molecule has 2 aromatic carbocycles. The molecule has 0 radical (unpaired) electrons. The van der Waals surface area contributed by atoms with Gasteiger partial charge in [0.1, 0.15) is 23.2 Å². The van der Waals surface area contributed by atoms with Crippen LogP contribution in [0.3, 0.4) is 0 Å². The van der Waals surface area contributed by atoms with Crippen LogP contribution in [0.4, 0.5) is 0 Å². The summed E-state index contributed by atoms with van der Waals surface area (Å²) in [6.45, 7) is 0. The predicted molar refractivity (Wildman–Crippen MR) is 122 cm³/mol. The number of aliphatic carboxylic acids is 1. The van der Waals surface area contributed by atoms with Crippen LogP contribution in [-0.2, 0) is 20.8 Å². The average Bonchev–Trinajstić information content (AvgIpc) is 3.19. The maximum atomic E-state index is 13.1. The number of carboxylic acid groups (broad SMARTS) is 1. The third kappa shape index (κ3) is 5.54. The fourth-order valence-electron chi connectivity index (χ4n) is 3.49. The summed E-state index contributed by atoms with van der Waals surface area (Å²) < 4.78 is 0. The van der Waals surface area contributed by atoms with Gasteiger partial charge in [-0.1, -0.05) is 48.5 Å². The van der Waals surface area contributed by atoms with Gasteiger partial charge in [-0.3, -0.25) is 9.59 Å². The van der Waals surface area contributed by atoms with Crippen molar-refractivity contribution in [2.45, 2.75) is 30.3 Å². The van der Waals surface area contributed by atoms with E-state index in [0.717, 1.165) is 5.56 Å². The highest BCUT2D eigenvalue weighted by molar-refractivity contribution is 7.99. The number of hydrogen-bond acceptors (Lipinski definition) is 6. The molecule has 1 heterocycles. The molecule has 2 unspecified atom stereocenters. The Balaban J connectivity index is 1.81. The number of phenols is 1. The largest absolute Gasteiger partial charge is 0.508 e. The van der Waals surface area contributed by atoms with Crippen molar-refractivity contribution in [2.24, 2.45) is 0 Å². The van der Waals surface area contributed by atoms with E-state index >= 15 is 0 Å². The van der Waals surface area contributed by atoms with E-state index in [1.807, 2.05) is 6.07 Å². The van der Waals surface area contributed by atoms with Crippen LogP contribution >= 0.6 is 24.4 Å². The number of nitrogens with zero attached hydrogens (tertiary/aromatic N) is 1. The van der Waals surface area contributed by atoms with Gasteiger partial charge in [-0.25, -0.2) is 4.79 Å². The summed E-state index contributed by atoms with van der Waals surface area (Å²) in [5, 5.41) is 21.9. The Bertz CT molecular complexity index is 941. The smallest absolute Gasteiger partial charge is 0.326 e. The number of nitrogens with one attached hydrogen (secondary N) is 1. The summed E-state index contributed by atoms with van der Waals surface area (Å²) in [6.07, 6.45) is 0.263. The van der Waals surface area contributed by atoms with Gasteiger partial charge >= 0.3 is 5.97 Å². The van der Waals surface area contributed by atoms with E-state index in [1.54, 1.807) is 42.5 Å². The van der Waals surface area contributed by atoms with E-state index in [9.17, 15) is 24.6 Å². The molecule has 9 heteroatoms. The summed E-state index contributed by atoms with van der Waals surface area (Å²) in [5.74, 6) is -1.30. The van der Waals surface area contributed by atoms with Gasteiger partial charge in [-0.15, -0.1) is 11.8 Å². The van der Waals surface area contributed by atoms with Crippen LogP contribution in [0.2, 0.25) is 0 Å². The molecule has 0 bridgehead atoms. The van der Waals surface area contributed by atoms with Gasteiger partial charge in [0.15, 0.2) is 0 Å². The molecule has 2 aromatic rings. The molecule has 3 atom stereocenters. The molecule has 2 amide bonds. The number of hydrogen-bond donors (Lipinski definition) is 4. The van der Waals surface area contributed by atoms with Crippen LogP contribution in [0.5, 0.6) is 5.75 Å². The van der Waals surface area contributed by atoms with Gasteiger partial charge < -0.3 is 20.4 Å². The second-order valence-electron chi connectivity index (χ2n) is 7.12. The molecule has 31 heavy (non-hydrogen) atoms. The first-order valence-corrected chi connectivity index (χ1v) is 11.5. The SMILES string of the molecule is O=C(N[C@H](Cc1ccccc1)C(=O)O)C1CSC(c2ccccc2O)N1C(=O)CCS. The molecule has 0 aliphatic carbocycles.